The molecule has 0 radical (unpaired) electrons. The Kier molecular flexibility index (Phi) is 9.21. The highest BCUT2D eigenvalue weighted by molar-refractivity contribution is 7.89. The van der Waals surface area contributed by atoms with Gasteiger partial charge in [-0.15, -0.1) is 12.4 Å². The van der Waals surface area contributed by atoms with Crippen LogP contribution in [0.15, 0.2) is 29.2 Å². The van der Waals surface area contributed by atoms with Gasteiger partial charge < -0.3 is 10.2 Å². The van der Waals surface area contributed by atoms with Crippen molar-refractivity contribution in [1.29, 1.82) is 0 Å². The van der Waals surface area contributed by atoms with Gasteiger partial charge in [0.1, 0.15) is 0 Å². The molecule has 1 saturated heterocycles. The number of amides is 1. The molecule has 1 amide bonds. The molecular weight excluding hydrogens is 386 g/mol. The van der Waals surface area contributed by atoms with E-state index in [0.717, 1.165) is 12.0 Å². The van der Waals surface area contributed by atoms with E-state index in [-0.39, 0.29) is 24.2 Å². The summed E-state index contributed by atoms with van der Waals surface area (Å²) < 4.78 is 27.2. The lowest BCUT2D eigenvalue weighted by molar-refractivity contribution is -0.136. The second-order valence-corrected chi connectivity index (χ2v) is 9.00. The molecule has 154 valence electrons. The minimum Gasteiger partial charge on any atom is -0.340 e. The van der Waals surface area contributed by atoms with Crippen molar-refractivity contribution < 1.29 is 13.2 Å². The van der Waals surface area contributed by atoms with Gasteiger partial charge in [0.05, 0.1) is 4.90 Å². The molecule has 1 aromatic carbocycles. The average Bonchev–Trinajstić information content (AvgIpc) is 2.67. The van der Waals surface area contributed by atoms with Crippen molar-refractivity contribution in [2.24, 2.45) is 5.92 Å². The van der Waals surface area contributed by atoms with Gasteiger partial charge in [-0.1, -0.05) is 32.9 Å². The van der Waals surface area contributed by atoms with Gasteiger partial charge in [-0.3, -0.25) is 4.79 Å². The topological polar surface area (TPSA) is 69.7 Å². The number of piperazine rings is 1. The second kappa shape index (κ2) is 10.4. The minimum atomic E-state index is -3.51. The average molecular weight is 418 g/mol. The molecule has 8 heteroatoms. The van der Waals surface area contributed by atoms with Gasteiger partial charge in [-0.05, 0) is 37.1 Å². The molecule has 1 fully saturated rings. The van der Waals surface area contributed by atoms with Crippen LogP contribution in [-0.2, 0) is 14.8 Å². The first-order chi connectivity index (χ1) is 12.3. The third kappa shape index (κ3) is 5.67. The van der Waals surface area contributed by atoms with Crippen LogP contribution in [0.2, 0.25) is 0 Å². The second-order valence-electron chi connectivity index (χ2n) is 7.07. The minimum absolute atomic E-state index is 0. The third-order valence-corrected chi connectivity index (χ3v) is 7.09. The maximum atomic E-state index is 12.9. The molecule has 1 aromatic rings. The first-order valence-electron chi connectivity index (χ1n) is 9.34. The van der Waals surface area contributed by atoms with Crippen molar-refractivity contribution in [3.63, 3.8) is 0 Å². The van der Waals surface area contributed by atoms with Crippen molar-refractivity contribution in [1.82, 2.24) is 14.5 Å². The summed E-state index contributed by atoms with van der Waals surface area (Å²) in [7, 11) is -1.69. The number of carbonyl (C=O) groups excluding carboxylic acids is 1. The van der Waals surface area contributed by atoms with E-state index < -0.39 is 10.0 Å². The summed E-state index contributed by atoms with van der Waals surface area (Å²) >= 11 is 0. The van der Waals surface area contributed by atoms with Gasteiger partial charge in [0.15, 0.2) is 0 Å². The fourth-order valence-electron chi connectivity index (χ4n) is 3.21. The van der Waals surface area contributed by atoms with Crippen LogP contribution in [0.3, 0.4) is 0 Å². The molecule has 27 heavy (non-hydrogen) atoms. The summed E-state index contributed by atoms with van der Waals surface area (Å²) in [6, 6.07) is 7.20. The summed E-state index contributed by atoms with van der Waals surface area (Å²) in [6.07, 6.45) is 1.02. The lowest BCUT2D eigenvalue weighted by atomic mass is 9.99. The highest BCUT2D eigenvalue weighted by atomic mass is 35.5. The molecule has 1 N–H and O–H groups in total. The lowest BCUT2D eigenvalue weighted by Gasteiger charge is -2.35. The fourth-order valence-corrected chi connectivity index (χ4v) is 4.63. The molecule has 0 spiro atoms. The zero-order valence-corrected chi connectivity index (χ0v) is 18.3. The summed E-state index contributed by atoms with van der Waals surface area (Å²) in [4.78, 5) is 14.5. The molecule has 1 heterocycles. The van der Waals surface area contributed by atoms with Crippen LogP contribution in [0.1, 0.15) is 38.7 Å². The number of halogens is 1. The Hall–Kier alpha value is -1.15. The Balaban J connectivity index is 0.00000364. The quantitative estimate of drug-likeness (QED) is 0.739. The smallest absolute Gasteiger partial charge is 0.243 e. The van der Waals surface area contributed by atoms with E-state index >= 15 is 0 Å². The Morgan fingerprint density at radius 2 is 1.67 bits per heavy atom. The zero-order chi connectivity index (χ0) is 19.3. The van der Waals surface area contributed by atoms with E-state index in [1.807, 2.05) is 26.1 Å². The van der Waals surface area contributed by atoms with Crippen LogP contribution < -0.4 is 5.32 Å². The first-order valence-corrected chi connectivity index (χ1v) is 10.8. The SMILES string of the molecule is CCC(C)c1ccc(S(=O)(=O)N2CCN(C(=O)C(C)CNC)CC2)cc1.Cl. The first kappa shape index (κ1) is 23.9. The Morgan fingerprint density at radius 3 is 2.15 bits per heavy atom. The Bertz CT molecular complexity index is 701. The Morgan fingerprint density at radius 1 is 1.11 bits per heavy atom. The summed E-state index contributed by atoms with van der Waals surface area (Å²) in [6.45, 7) is 8.33. The highest BCUT2D eigenvalue weighted by Gasteiger charge is 2.31. The zero-order valence-electron chi connectivity index (χ0n) is 16.6. The van der Waals surface area contributed by atoms with Crippen LogP contribution in [0.25, 0.3) is 0 Å². The van der Waals surface area contributed by atoms with Gasteiger partial charge in [-0.25, -0.2) is 8.42 Å². The van der Waals surface area contributed by atoms with Crippen LogP contribution in [-0.4, -0.2) is 63.3 Å². The molecule has 1 aliphatic rings. The van der Waals surface area contributed by atoms with E-state index in [4.69, 9.17) is 0 Å². The monoisotopic (exact) mass is 417 g/mol. The molecule has 0 bridgehead atoms. The van der Waals surface area contributed by atoms with Gasteiger partial charge in [0.2, 0.25) is 15.9 Å². The third-order valence-electron chi connectivity index (χ3n) is 5.18. The van der Waals surface area contributed by atoms with Crippen LogP contribution in [0, 0.1) is 5.92 Å². The Labute approximate surface area is 169 Å². The van der Waals surface area contributed by atoms with Crippen molar-refractivity contribution >= 4 is 28.3 Å². The van der Waals surface area contributed by atoms with Crippen molar-refractivity contribution in [2.75, 3.05) is 39.8 Å². The van der Waals surface area contributed by atoms with E-state index in [1.165, 1.54) is 4.31 Å². The number of carbonyl (C=O) groups is 1. The molecule has 2 rings (SSSR count). The van der Waals surface area contributed by atoms with E-state index in [0.29, 0.717) is 43.5 Å². The predicted molar refractivity (Wildman–Crippen MR) is 111 cm³/mol. The maximum absolute atomic E-state index is 12.9. The number of benzene rings is 1. The standard InChI is InChI=1S/C19H31N3O3S.ClH/c1-5-15(2)17-6-8-18(9-7-17)26(24,25)22-12-10-21(11-13-22)19(23)16(3)14-20-4;/h6-9,15-16,20H,5,10-14H2,1-4H3;1H. The van der Waals surface area contributed by atoms with Gasteiger partial charge in [-0.2, -0.15) is 4.31 Å². The number of rotatable bonds is 7. The molecule has 6 nitrogen and oxygen atoms in total. The van der Waals surface area contributed by atoms with E-state index in [9.17, 15) is 13.2 Å². The summed E-state index contributed by atoms with van der Waals surface area (Å²) in [5.74, 6) is 0.395. The molecule has 0 aromatic heterocycles. The predicted octanol–water partition coefficient (Wildman–Crippen LogP) is 2.31. The van der Waals surface area contributed by atoms with Crippen molar-refractivity contribution in [2.45, 2.75) is 38.0 Å². The maximum Gasteiger partial charge on any atom is 0.243 e. The number of hydrogen-bond acceptors (Lipinski definition) is 4. The van der Waals surface area contributed by atoms with Crippen LogP contribution in [0.4, 0.5) is 0 Å². The molecule has 2 atom stereocenters. The van der Waals surface area contributed by atoms with Crippen molar-refractivity contribution in [3.05, 3.63) is 29.8 Å². The van der Waals surface area contributed by atoms with Crippen LogP contribution in [0.5, 0.6) is 0 Å². The molecular formula is C19H32ClN3O3S. The van der Waals surface area contributed by atoms with E-state index in [2.05, 4.69) is 19.2 Å². The number of sulfonamides is 1. The summed E-state index contributed by atoms with van der Waals surface area (Å²) in [5, 5.41) is 3.00. The van der Waals surface area contributed by atoms with Crippen molar-refractivity contribution in [3.8, 4) is 0 Å². The molecule has 2 unspecified atom stereocenters. The lowest BCUT2D eigenvalue weighted by Crippen LogP contribution is -2.52. The summed E-state index contributed by atoms with van der Waals surface area (Å²) in [5.41, 5.74) is 1.15. The fraction of sp³-hybridized carbons (Fsp3) is 0.632. The largest absolute Gasteiger partial charge is 0.340 e. The van der Waals surface area contributed by atoms with E-state index in [1.54, 1.807) is 17.0 Å². The molecule has 0 aliphatic carbocycles. The van der Waals surface area contributed by atoms with Gasteiger partial charge in [0.25, 0.3) is 0 Å². The van der Waals surface area contributed by atoms with Crippen LogP contribution >= 0.6 is 12.4 Å². The number of nitrogens with one attached hydrogen (secondary N) is 1. The van der Waals surface area contributed by atoms with Gasteiger partial charge >= 0.3 is 0 Å². The molecule has 1 aliphatic heterocycles. The molecule has 0 saturated carbocycles. The highest BCUT2D eigenvalue weighted by Crippen LogP contribution is 2.23. The normalized spacial score (nSPS) is 17.9. The number of hydrogen-bond donors (Lipinski definition) is 1. The van der Waals surface area contributed by atoms with Gasteiger partial charge in [0, 0.05) is 38.6 Å². The number of nitrogens with zero attached hydrogens (tertiary/aromatic N) is 2.